The van der Waals surface area contributed by atoms with Gasteiger partial charge < -0.3 is 9.47 Å². The SMILES string of the molecule is CCC(C)c1nn(Cc2ccc(F)c(C)c2)c(=O)c2c(C)c3n(c12)CCN(C)C3=O. The van der Waals surface area contributed by atoms with E-state index in [0.29, 0.717) is 35.3 Å². The first-order chi connectivity index (χ1) is 14.2. The van der Waals surface area contributed by atoms with E-state index in [0.717, 1.165) is 23.2 Å². The quantitative estimate of drug-likeness (QED) is 0.660. The van der Waals surface area contributed by atoms with Crippen LogP contribution in [0, 0.1) is 19.7 Å². The van der Waals surface area contributed by atoms with Crippen LogP contribution in [0.2, 0.25) is 0 Å². The highest BCUT2D eigenvalue weighted by atomic mass is 19.1. The summed E-state index contributed by atoms with van der Waals surface area (Å²) in [5.74, 6) is -0.207. The molecule has 6 nitrogen and oxygen atoms in total. The number of nitrogens with zero attached hydrogens (tertiary/aromatic N) is 4. The van der Waals surface area contributed by atoms with Crippen molar-refractivity contribution in [3.63, 3.8) is 0 Å². The largest absolute Gasteiger partial charge is 0.339 e. The molecule has 3 aromatic rings. The topological polar surface area (TPSA) is 60.1 Å². The Morgan fingerprint density at radius 2 is 1.93 bits per heavy atom. The van der Waals surface area contributed by atoms with Crippen molar-refractivity contribution in [1.82, 2.24) is 19.2 Å². The van der Waals surface area contributed by atoms with Gasteiger partial charge in [-0.1, -0.05) is 26.0 Å². The van der Waals surface area contributed by atoms with Crippen molar-refractivity contribution >= 4 is 16.8 Å². The standard InChI is InChI=1S/C23H27FN4O2/c1-6-13(2)19-21-18(15(4)20-23(30)26(5)9-10-27(20)21)22(29)28(25-19)12-16-7-8-17(24)14(3)11-16/h7-8,11,13H,6,9-10,12H2,1-5H3. The summed E-state index contributed by atoms with van der Waals surface area (Å²) in [5, 5.41) is 5.32. The maximum atomic E-state index is 13.7. The lowest BCUT2D eigenvalue weighted by atomic mass is 10.0. The van der Waals surface area contributed by atoms with Gasteiger partial charge in [0.1, 0.15) is 11.5 Å². The lowest BCUT2D eigenvalue weighted by Crippen LogP contribution is -2.37. The highest BCUT2D eigenvalue weighted by Crippen LogP contribution is 2.32. The van der Waals surface area contributed by atoms with E-state index in [1.807, 2.05) is 11.5 Å². The molecule has 1 aromatic carbocycles. The fourth-order valence-corrected chi connectivity index (χ4v) is 4.27. The van der Waals surface area contributed by atoms with Crippen molar-refractivity contribution in [2.45, 2.75) is 53.1 Å². The average Bonchev–Trinajstić information content (AvgIpc) is 3.02. The molecule has 1 atom stereocenters. The minimum Gasteiger partial charge on any atom is -0.339 e. The zero-order chi connectivity index (χ0) is 21.7. The van der Waals surface area contributed by atoms with Gasteiger partial charge in [0.05, 0.1) is 23.1 Å². The number of hydrogen-bond donors (Lipinski definition) is 0. The van der Waals surface area contributed by atoms with Gasteiger partial charge in [-0.3, -0.25) is 9.59 Å². The lowest BCUT2D eigenvalue weighted by molar-refractivity contribution is 0.0750. The van der Waals surface area contributed by atoms with Crippen LogP contribution in [0.4, 0.5) is 4.39 Å². The number of halogens is 1. The minimum atomic E-state index is -0.270. The first kappa shape index (κ1) is 20.3. The van der Waals surface area contributed by atoms with Gasteiger partial charge in [-0.25, -0.2) is 9.07 Å². The van der Waals surface area contributed by atoms with Crippen LogP contribution in [-0.4, -0.2) is 38.7 Å². The smallest absolute Gasteiger partial charge is 0.276 e. The van der Waals surface area contributed by atoms with Crippen LogP contribution in [0.3, 0.4) is 0 Å². The first-order valence-electron chi connectivity index (χ1n) is 10.4. The lowest BCUT2D eigenvalue weighted by Gasteiger charge is -2.26. The number of amides is 1. The molecule has 0 fully saturated rings. The number of hydrogen-bond acceptors (Lipinski definition) is 3. The summed E-state index contributed by atoms with van der Waals surface area (Å²) in [6.07, 6.45) is 0.864. The molecule has 0 saturated heterocycles. The third kappa shape index (κ3) is 3.04. The Hall–Kier alpha value is -2.96. The number of carbonyl (C=O) groups excluding carboxylic acids is 1. The molecule has 1 aliphatic heterocycles. The van der Waals surface area contributed by atoms with Crippen molar-refractivity contribution in [2.75, 3.05) is 13.6 Å². The normalized spacial score (nSPS) is 15.0. The molecule has 30 heavy (non-hydrogen) atoms. The van der Waals surface area contributed by atoms with Gasteiger partial charge in [0.2, 0.25) is 0 Å². The Morgan fingerprint density at radius 3 is 2.60 bits per heavy atom. The van der Waals surface area contributed by atoms with Gasteiger partial charge in [0.15, 0.2) is 0 Å². The Morgan fingerprint density at radius 1 is 1.20 bits per heavy atom. The molecule has 0 N–H and O–H groups in total. The molecule has 1 aliphatic rings. The molecule has 2 aromatic heterocycles. The van der Waals surface area contributed by atoms with Crippen LogP contribution in [-0.2, 0) is 13.1 Å². The Kier molecular flexibility index (Phi) is 5.00. The Bertz CT molecular complexity index is 1220. The molecule has 0 radical (unpaired) electrons. The van der Waals surface area contributed by atoms with E-state index >= 15 is 0 Å². The number of aryl methyl sites for hydroxylation is 2. The van der Waals surface area contributed by atoms with Gasteiger partial charge in [-0.05, 0) is 43.0 Å². The summed E-state index contributed by atoms with van der Waals surface area (Å²) < 4.78 is 17.1. The molecule has 7 heteroatoms. The molecule has 4 rings (SSSR count). The summed E-state index contributed by atoms with van der Waals surface area (Å²) in [7, 11) is 1.78. The van der Waals surface area contributed by atoms with Crippen LogP contribution in [0.15, 0.2) is 23.0 Å². The van der Waals surface area contributed by atoms with Crippen LogP contribution in [0.1, 0.15) is 59.1 Å². The highest BCUT2D eigenvalue weighted by molar-refractivity contribution is 6.02. The number of carbonyl (C=O) groups is 1. The van der Waals surface area contributed by atoms with Crippen molar-refractivity contribution in [3.05, 3.63) is 62.4 Å². The van der Waals surface area contributed by atoms with E-state index in [9.17, 15) is 14.0 Å². The average molecular weight is 410 g/mol. The summed E-state index contributed by atoms with van der Waals surface area (Å²) in [4.78, 5) is 28.0. The summed E-state index contributed by atoms with van der Waals surface area (Å²) in [6.45, 7) is 9.23. The third-order valence-corrected chi connectivity index (χ3v) is 6.27. The van der Waals surface area contributed by atoms with Gasteiger partial charge in [0.25, 0.3) is 11.5 Å². The second-order valence-electron chi connectivity index (χ2n) is 8.32. The molecule has 158 valence electrons. The van der Waals surface area contributed by atoms with Gasteiger partial charge >= 0.3 is 0 Å². The third-order valence-electron chi connectivity index (χ3n) is 6.27. The van der Waals surface area contributed by atoms with Crippen molar-refractivity contribution in [1.29, 1.82) is 0 Å². The van der Waals surface area contributed by atoms with Crippen molar-refractivity contribution < 1.29 is 9.18 Å². The predicted octanol–water partition coefficient (Wildman–Crippen LogP) is 3.60. The van der Waals surface area contributed by atoms with Crippen molar-refractivity contribution in [3.8, 4) is 0 Å². The van der Waals surface area contributed by atoms with Gasteiger partial charge in [0, 0.05) is 26.1 Å². The first-order valence-corrected chi connectivity index (χ1v) is 10.4. The molecular formula is C23H27FN4O2. The molecule has 0 saturated carbocycles. The Balaban J connectivity index is 1.99. The van der Waals surface area contributed by atoms with E-state index in [1.54, 1.807) is 31.0 Å². The maximum absolute atomic E-state index is 13.7. The molecule has 1 amide bonds. The fraction of sp³-hybridized carbons (Fsp3) is 0.435. The van der Waals surface area contributed by atoms with E-state index < -0.39 is 0 Å². The molecule has 1 unspecified atom stereocenters. The van der Waals surface area contributed by atoms with Crippen molar-refractivity contribution in [2.24, 2.45) is 0 Å². The predicted molar refractivity (Wildman–Crippen MR) is 115 cm³/mol. The van der Waals surface area contributed by atoms with Crippen LogP contribution in [0.5, 0.6) is 0 Å². The molecular weight excluding hydrogens is 383 g/mol. The second kappa shape index (κ2) is 7.38. The number of likely N-dealkylation sites (N-methyl/N-ethyl adjacent to an activating group) is 1. The summed E-state index contributed by atoms with van der Waals surface area (Å²) in [6, 6.07) is 4.84. The number of rotatable bonds is 4. The van der Waals surface area contributed by atoms with E-state index in [4.69, 9.17) is 5.10 Å². The van der Waals surface area contributed by atoms with E-state index in [1.165, 1.54) is 10.7 Å². The van der Waals surface area contributed by atoms with E-state index in [-0.39, 0.29) is 29.7 Å². The van der Waals surface area contributed by atoms with Gasteiger partial charge in [-0.2, -0.15) is 5.10 Å². The zero-order valence-electron chi connectivity index (χ0n) is 18.1. The van der Waals surface area contributed by atoms with Crippen LogP contribution < -0.4 is 5.56 Å². The molecule has 3 heterocycles. The van der Waals surface area contributed by atoms with E-state index in [2.05, 4.69) is 13.8 Å². The molecule has 0 spiro atoms. The fourth-order valence-electron chi connectivity index (χ4n) is 4.27. The summed E-state index contributed by atoms with van der Waals surface area (Å²) >= 11 is 0. The number of fused-ring (bicyclic) bond motifs is 3. The van der Waals surface area contributed by atoms with Crippen LogP contribution >= 0.6 is 0 Å². The number of aromatic nitrogens is 3. The van der Waals surface area contributed by atoms with Crippen LogP contribution in [0.25, 0.3) is 10.9 Å². The maximum Gasteiger partial charge on any atom is 0.276 e. The molecule has 0 aliphatic carbocycles. The Labute approximate surface area is 174 Å². The van der Waals surface area contributed by atoms with Gasteiger partial charge in [-0.15, -0.1) is 0 Å². The monoisotopic (exact) mass is 410 g/mol. The zero-order valence-corrected chi connectivity index (χ0v) is 18.1. The summed E-state index contributed by atoms with van der Waals surface area (Å²) in [5.41, 5.74) is 4.05. The highest BCUT2D eigenvalue weighted by Gasteiger charge is 2.31. The minimum absolute atomic E-state index is 0.0647. The second-order valence-corrected chi connectivity index (χ2v) is 8.32. The molecule has 0 bridgehead atoms. The number of benzene rings is 1.